The molecule has 0 radical (unpaired) electrons. The van der Waals surface area contributed by atoms with Crippen molar-refractivity contribution in [2.75, 3.05) is 24.3 Å². The fourth-order valence-corrected chi connectivity index (χ4v) is 4.22. The molecule has 1 atom stereocenters. The van der Waals surface area contributed by atoms with Gasteiger partial charge in [-0.2, -0.15) is 0 Å². The highest BCUT2D eigenvalue weighted by molar-refractivity contribution is 7.12. The van der Waals surface area contributed by atoms with E-state index in [1.165, 1.54) is 11.3 Å². The van der Waals surface area contributed by atoms with Crippen LogP contribution in [0.25, 0.3) is 0 Å². The molecular weight excluding hydrogens is 418 g/mol. The van der Waals surface area contributed by atoms with Gasteiger partial charge < -0.3 is 15.1 Å². The highest BCUT2D eigenvalue weighted by Crippen LogP contribution is 2.27. The van der Waals surface area contributed by atoms with Crippen LogP contribution in [0.2, 0.25) is 0 Å². The number of thiophene rings is 1. The lowest BCUT2D eigenvalue weighted by molar-refractivity contribution is 0.0671. The van der Waals surface area contributed by atoms with Crippen molar-refractivity contribution in [1.29, 1.82) is 0 Å². The van der Waals surface area contributed by atoms with E-state index in [0.717, 1.165) is 28.9 Å². The number of nitrogens with one attached hydrogen (secondary N) is 1. The van der Waals surface area contributed by atoms with Gasteiger partial charge in [0.15, 0.2) is 0 Å². The Hall–Kier alpha value is -3.12. The van der Waals surface area contributed by atoms with Crippen molar-refractivity contribution < 1.29 is 9.59 Å². The molecule has 32 heavy (non-hydrogen) atoms. The van der Waals surface area contributed by atoms with Gasteiger partial charge in [-0.25, -0.2) is 0 Å². The van der Waals surface area contributed by atoms with Crippen LogP contribution in [0.5, 0.6) is 0 Å². The van der Waals surface area contributed by atoms with Gasteiger partial charge in [0.1, 0.15) is 0 Å². The molecule has 2 aromatic carbocycles. The number of nitrogens with zero attached hydrogens (tertiary/aromatic N) is 2. The van der Waals surface area contributed by atoms with E-state index >= 15 is 0 Å². The molecule has 2 amide bonds. The molecule has 5 nitrogen and oxygen atoms in total. The summed E-state index contributed by atoms with van der Waals surface area (Å²) in [5.41, 5.74) is 4.48. The van der Waals surface area contributed by atoms with E-state index in [1.54, 1.807) is 6.07 Å². The van der Waals surface area contributed by atoms with Gasteiger partial charge in [0.2, 0.25) is 0 Å². The smallest absolute Gasteiger partial charge is 0.265 e. The molecule has 6 heteroatoms. The van der Waals surface area contributed by atoms with Gasteiger partial charge in [0, 0.05) is 43.6 Å². The van der Waals surface area contributed by atoms with E-state index in [1.807, 2.05) is 84.7 Å². The van der Waals surface area contributed by atoms with Crippen molar-refractivity contribution in [2.24, 2.45) is 0 Å². The fourth-order valence-electron chi connectivity index (χ4n) is 3.60. The van der Waals surface area contributed by atoms with Crippen molar-refractivity contribution in [2.45, 2.75) is 39.8 Å². The first-order valence-corrected chi connectivity index (χ1v) is 11.7. The Morgan fingerprint density at radius 3 is 2.47 bits per heavy atom. The summed E-state index contributed by atoms with van der Waals surface area (Å²) < 4.78 is 0. The summed E-state index contributed by atoms with van der Waals surface area (Å²) in [4.78, 5) is 30.6. The lowest BCUT2D eigenvalue weighted by atomic mass is 10.1. The maximum absolute atomic E-state index is 13.4. The summed E-state index contributed by atoms with van der Waals surface area (Å²) in [6.07, 6.45) is 0.851. The SMILES string of the molecule is CCC(C)N(Cc1cc(NC(=O)c2cccs2)ccc1N(C)C)C(=O)c1cccc(C)c1. The maximum atomic E-state index is 13.4. The summed E-state index contributed by atoms with van der Waals surface area (Å²) in [5, 5.41) is 4.87. The maximum Gasteiger partial charge on any atom is 0.265 e. The Kier molecular flexibility index (Phi) is 7.70. The Bertz CT molecular complexity index is 1080. The van der Waals surface area contributed by atoms with Gasteiger partial charge in [-0.1, -0.05) is 30.7 Å². The van der Waals surface area contributed by atoms with Gasteiger partial charge in [0.25, 0.3) is 11.8 Å². The van der Waals surface area contributed by atoms with Crippen molar-refractivity contribution in [3.63, 3.8) is 0 Å². The molecule has 0 saturated heterocycles. The molecule has 168 valence electrons. The summed E-state index contributed by atoms with van der Waals surface area (Å²) >= 11 is 1.41. The molecule has 0 bridgehead atoms. The highest BCUT2D eigenvalue weighted by atomic mass is 32.1. The minimum atomic E-state index is -0.127. The third-order valence-corrected chi connectivity index (χ3v) is 6.42. The summed E-state index contributed by atoms with van der Waals surface area (Å²) in [5.74, 6) is -0.112. The molecule has 3 rings (SSSR count). The number of carbonyl (C=O) groups is 2. The van der Waals surface area contributed by atoms with Crippen LogP contribution in [0, 0.1) is 6.92 Å². The molecule has 0 spiro atoms. The lowest BCUT2D eigenvalue weighted by Gasteiger charge is -2.31. The summed E-state index contributed by atoms with van der Waals surface area (Å²) in [7, 11) is 3.97. The quantitative estimate of drug-likeness (QED) is 0.472. The van der Waals surface area contributed by atoms with Crippen LogP contribution >= 0.6 is 11.3 Å². The number of rotatable bonds is 8. The first kappa shape index (κ1) is 23.5. The van der Waals surface area contributed by atoms with Crippen LogP contribution < -0.4 is 10.2 Å². The average molecular weight is 450 g/mol. The van der Waals surface area contributed by atoms with Gasteiger partial charge in [-0.15, -0.1) is 11.3 Å². The van der Waals surface area contributed by atoms with Crippen LogP contribution in [-0.4, -0.2) is 36.9 Å². The first-order chi connectivity index (χ1) is 15.3. The van der Waals surface area contributed by atoms with E-state index in [4.69, 9.17) is 0 Å². The topological polar surface area (TPSA) is 52.7 Å². The molecule has 1 N–H and O–H groups in total. The number of hydrogen-bond donors (Lipinski definition) is 1. The van der Waals surface area contributed by atoms with Crippen molar-refractivity contribution in [3.8, 4) is 0 Å². The van der Waals surface area contributed by atoms with Crippen molar-refractivity contribution in [3.05, 3.63) is 81.5 Å². The number of carbonyl (C=O) groups excluding carboxylic acids is 2. The zero-order valence-electron chi connectivity index (χ0n) is 19.4. The fraction of sp³-hybridized carbons (Fsp3) is 0.308. The molecule has 3 aromatic rings. The molecule has 1 unspecified atom stereocenters. The van der Waals surface area contributed by atoms with Gasteiger partial charge in [0.05, 0.1) is 4.88 Å². The standard InChI is InChI=1S/C26H31N3O2S/c1-6-19(3)29(26(31)20-10-7-9-18(2)15-20)17-21-16-22(12-13-23(21)28(4)5)27-25(30)24-11-8-14-32-24/h7-16,19H,6,17H2,1-5H3,(H,27,30). The molecule has 0 aliphatic rings. The Balaban J connectivity index is 1.93. The van der Waals surface area contributed by atoms with Crippen LogP contribution in [-0.2, 0) is 6.54 Å². The van der Waals surface area contributed by atoms with Crippen LogP contribution in [0.1, 0.15) is 51.4 Å². The Labute approximate surface area is 194 Å². The van der Waals surface area contributed by atoms with E-state index in [0.29, 0.717) is 17.0 Å². The monoisotopic (exact) mass is 449 g/mol. The van der Waals surface area contributed by atoms with E-state index in [2.05, 4.69) is 19.2 Å². The molecule has 0 aliphatic carbocycles. The third-order valence-electron chi connectivity index (χ3n) is 5.55. The van der Waals surface area contributed by atoms with Gasteiger partial charge in [-0.05, 0) is 67.6 Å². The molecule has 1 aromatic heterocycles. The number of aryl methyl sites for hydroxylation is 1. The largest absolute Gasteiger partial charge is 0.377 e. The number of anilines is 2. The summed E-state index contributed by atoms with van der Waals surface area (Å²) in [6.45, 7) is 6.61. The molecule has 0 saturated carbocycles. The van der Waals surface area contributed by atoms with Crippen LogP contribution in [0.15, 0.2) is 60.0 Å². The third kappa shape index (κ3) is 5.56. The predicted molar refractivity (Wildman–Crippen MR) is 134 cm³/mol. The second kappa shape index (κ2) is 10.5. The summed E-state index contributed by atoms with van der Waals surface area (Å²) in [6, 6.07) is 17.3. The number of benzene rings is 2. The average Bonchev–Trinajstić information content (AvgIpc) is 3.31. The normalized spacial score (nSPS) is 11.7. The highest BCUT2D eigenvalue weighted by Gasteiger charge is 2.23. The van der Waals surface area contributed by atoms with Gasteiger partial charge in [-0.3, -0.25) is 9.59 Å². The van der Waals surface area contributed by atoms with E-state index in [9.17, 15) is 9.59 Å². The zero-order chi connectivity index (χ0) is 23.3. The minimum absolute atomic E-state index is 0.0146. The number of hydrogen-bond acceptors (Lipinski definition) is 4. The second-order valence-electron chi connectivity index (χ2n) is 8.23. The van der Waals surface area contributed by atoms with E-state index < -0.39 is 0 Å². The van der Waals surface area contributed by atoms with Crippen molar-refractivity contribution >= 4 is 34.5 Å². The van der Waals surface area contributed by atoms with Crippen LogP contribution in [0.4, 0.5) is 11.4 Å². The van der Waals surface area contributed by atoms with Crippen molar-refractivity contribution in [1.82, 2.24) is 4.90 Å². The second-order valence-corrected chi connectivity index (χ2v) is 9.18. The molecule has 0 aliphatic heterocycles. The molecule has 0 fully saturated rings. The molecule has 1 heterocycles. The Morgan fingerprint density at radius 2 is 1.84 bits per heavy atom. The lowest BCUT2D eigenvalue weighted by Crippen LogP contribution is -2.38. The predicted octanol–water partition coefficient (Wildman–Crippen LogP) is 5.82. The van der Waals surface area contributed by atoms with E-state index in [-0.39, 0.29) is 17.9 Å². The zero-order valence-corrected chi connectivity index (χ0v) is 20.2. The van der Waals surface area contributed by atoms with Crippen LogP contribution in [0.3, 0.4) is 0 Å². The molecular formula is C26H31N3O2S. The Morgan fingerprint density at radius 1 is 1.06 bits per heavy atom. The van der Waals surface area contributed by atoms with Gasteiger partial charge >= 0.3 is 0 Å². The minimum Gasteiger partial charge on any atom is -0.377 e. The number of amides is 2. The first-order valence-electron chi connectivity index (χ1n) is 10.8.